The van der Waals surface area contributed by atoms with Gasteiger partial charge in [0, 0.05) is 31.5 Å². The van der Waals surface area contributed by atoms with Gasteiger partial charge >= 0.3 is 0 Å². The Morgan fingerprint density at radius 3 is 2.31 bits per heavy atom. The zero-order chi connectivity index (χ0) is 19.4. The molecule has 3 heterocycles. The summed E-state index contributed by atoms with van der Waals surface area (Å²) in [6, 6.07) is 6.44. The smallest absolute Gasteiger partial charge is 0.135 e. The molecule has 3 aromatic heterocycles. The zero-order valence-electron chi connectivity index (χ0n) is 17.4. The lowest BCUT2D eigenvalue weighted by Gasteiger charge is -2.14. The van der Waals surface area contributed by atoms with Gasteiger partial charge in [-0.3, -0.25) is 0 Å². The Bertz CT molecular complexity index is 891. The van der Waals surface area contributed by atoms with Crippen molar-refractivity contribution >= 4 is 16.9 Å². The van der Waals surface area contributed by atoms with E-state index in [1.807, 2.05) is 7.05 Å². The minimum Gasteiger partial charge on any atom is -0.373 e. The zero-order valence-corrected chi connectivity index (χ0v) is 17.4. The maximum atomic E-state index is 4.95. The Hall–Kier alpha value is -2.36. The van der Waals surface area contributed by atoms with Crippen LogP contribution in [0.3, 0.4) is 0 Å². The molecule has 0 saturated heterocycles. The fourth-order valence-electron chi connectivity index (χ4n) is 3.03. The summed E-state index contributed by atoms with van der Waals surface area (Å²) in [6.45, 7) is 12.8. The van der Waals surface area contributed by atoms with Crippen LogP contribution in [0.2, 0.25) is 0 Å². The van der Waals surface area contributed by atoms with Crippen LogP contribution < -0.4 is 5.32 Å². The molecule has 0 aliphatic rings. The van der Waals surface area contributed by atoms with E-state index in [9.17, 15) is 0 Å². The molecule has 4 heteroatoms. The number of hydrogen-bond acceptors (Lipinski definition) is 3. The molecule has 0 unspecified atom stereocenters. The van der Waals surface area contributed by atoms with Crippen molar-refractivity contribution in [2.75, 3.05) is 12.4 Å². The summed E-state index contributed by atoms with van der Waals surface area (Å²) in [5, 5.41) is 3.23. The van der Waals surface area contributed by atoms with Crippen LogP contribution in [0, 0.1) is 13.8 Å². The van der Waals surface area contributed by atoms with Gasteiger partial charge in [-0.25, -0.2) is 9.97 Å². The quantitative estimate of drug-likeness (QED) is 0.644. The van der Waals surface area contributed by atoms with Gasteiger partial charge < -0.3 is 9.88 Å². The van der Waals surface area contributed by atoms with E-state index in [1.54, 1.807) is 0 Å². The van der Waals surface area contributed by atoms with Crippen molar-refractivity contribution in [3.8, 4) is 11.3 Å². The minimum absolute atomic E-state index is 0.407. The molecule has 0 amide bonds. The first-order chi connectivity index (χ1) is 12.3. The second kappa shape index (κ2) is 8.35. The standard InChI is InChI=1S/C19H24N4.C3H8/c1-11(2)15-8-7-14(19(20-5)21-15)17-12(3)9-16-18(22-17)13(4)10-23(16)6;1-3-2/h7-11H,1-6H3,(H,20,21);3H2,1-2H3. The summed E-state index contributed by atoms with van der Waals surface area (Å²) >= 11 is 0. The van der Waals surface area contributed by atoms with Gasteiger partial charge in [0.15, 0.2) is 0 Å². The van der Waals surface area contributed by atoms with Crippen molar-refractivity contribution in [2.24, 2.45) is 7.05 Å². The van der Waals surface area contributed by atoms with Crippen molar-refractivity contribution < 1.29 is 0 Å². The van der Waals surface area contributed by atoms with Crippen LogP contribution in [0.1, 0.15) is 56.9 Å². The lowest BCUT2D eigenvalue weighted by atomic mass is 10.0. The lowest BCUT2D eigenvalue weighted by Crippen LogP contribution is -2.02. The van der Waals surface area contributed by atoms with Gasteiger partial charge in [-0.05, 0) is 49.1 Å². The maximum Gasteiger partial charge on any atom is 0.135 e. The number of aromatic nitrogens is 3. The largest absolute Gasteiger partial charge is 0.373 e. The van der Waals surface area contributed by atoms with Crippen LogP contribution in [-0.2, 0) is 7.05 Å². The van der Waals surface area contributed by atoms with E-state index in [1.165, 1.54) is 17.5 Å². The molecule has 1 N–H and O–H groups in total. The molecule has 0 aromatic carbocycles. The summed E-state index contributed by atoms with van der Waals surface area (Å²) in [7, 11) is 3.98. The predicted octanol–water partition coefficient (Wildman–Crippen LogP) is 5.83. The first-order valence-electron chi connectivity index (χ1n) is 9.46. The van der Waals surface area contributed by atoms with Gasteiger partial charge in [-0.2, -0.15) is 0 Å². The minimum atomic E-state index is 0.407. The summed E-state index contributed by atoms with van der Waals surface area (Å²) < 4.78 is 2.13. The average Bonchev–Trinajstić information content (AvgIpc) is 2.87. The van der Waals surface area contributed by atoms with Crippen LogP contribution in [0.25, 0.3) is 22.3 Å². The number of nitrogens with one attached hydrogen (secondary N) is 1. The van der Waals surface area contributed by atoms with E-state index in [2.05, 4.69) is 82.9 Å². The van der Waals surface area contributed by atoms with E-state index in [0.29, 0.717) is 5.92 Å². The number of aryl methyl sites for hydroxylation is 3. The molecule has 3 rings (SSSR count). The number of rotatable bonds is 3. The molecule has 3 aromatic rings. The highest BCUT2D eigenvalue weighted by molar-refractivity contribution is 5.86. The van der Waals surface area contributed by atoms with Crippen LogP contribution in [-0.4, -0.2) is 21.6 Å². The predicted molar refractivity (Wildman–Crippen MR) is 113 cm³/mol. The Balaban J connectivity index is 0.000000758. The van der Waals surface area contributed by atoms with Crippen molar-refractivity contribution in [2.45, 2.75) is 53.9 Å². The normalized spacial score (nSPS) is 10.8. The second-order valence-electron chi connectivity index (χ2n) is 7.19. The first kappa shape index (κ1) is 20.0. The number of anilines is 1. The Kier molecular flexibility index (Phi) is 6.41. The third-order valence-corrected chi connectivity index (χ3v) is 4.33. The lowest BCUT2D eigenvalue weighted by molar-refractivity contribution is 0.824. The molecule has 26 heavy (non-hydrogen) atoms. The van der Waals surface area contributed by atoms with Crippen LogP contribution in [0.5, 0.6) is 0 Å². The van der Waals surface area contributed by atoms with Gasteiger partial charge in [-0.15, -0.1) is 0 Å². The molecular weight excluding hydrogens is 320 g/mol. The van der Waals surface area contributed by atoms with Gasteiger partial charge in [0.05, 0.1) is 16.7 Å². The fraction of sp³-hybridized carbons (Fsp3) is 0.455. The monoisotopic (exact) mass is 352 g/mol. The topological polar surface area (TPSA) is 42.7 Å². The molecule has 0 saturated carbocycles. The van der Waals surface area contributed by atoms with Gasteiger partial charge in [-0.1, -0.05) is 34.1 Å². The summed E-state index contributed by atoms with van der Waals surface area (Å²) in [4.78, 5) is 9.71. The van der Waals surface area contributed by atoms with E-state index in [4.69, 9.17) is 9.97 Å². The fourth-order valence-corrected chi connectivity index (χ4v) is 3.03. The number of hydrogen-bond donors (Lipinski definition) is 1. The Labute approximate surface area is 157 Å². The van der Waals surface area contributed by atoms with Crippen molar-refractivity contribution in [1.29, 1.82) is 0 Å². The highest BCUT2D eigenvalue weighted by atomic mass is 15.0. The number of nitrogens with zero attached hydrogens (tertiary/aromatic N) is 3. The summed E-state index contributed by atoms with van der Waals surface area (Å²) in [5.41, 5.74) is 7.73. The van der Waals surface area contributed by atoms with Crippen molar-refractivity contribution in [3.63, 3.8) is 0 Å². The van der Waals surface area contributed by atoms with Crippen molar-refractivity contribution in [1.82, 2.24) is 14.5 Å². The third-order valence-electron chi connectivity index (χ3n) is 4.33. The molecule has 0 spiro atoms. The summed E-state index contributed by atoms with van der Waals surface area (Å²) in [5.74, 6) is 1.30. The van der Waals surface area contributed by atoms with E-state index in [-0.39, 0.29) is 0 Å². The van der Waals surface area contributed by atoms with Crippen LogP contribution >= 0.6 is 0 Å². The molecule has 0 aliphatic carbocycles. The van der Waals surface area contributed by atoms with E-state index in [0.717, 1.165) is 33.8 Å². The molecule has 140 valence electrons. The van der Waals surface area contributed by atoms with Gasteiger partial charge in [0.2, 0.25) is 0 Å². The molecule has 0 fully saturated rings. The molecule has 0 bridgehead atoms. The molecular formula is C22H32N4. The maximum absolute atomic E-state index is 4.95. The highest BCUT2D eigenvalue weighted by Crippen LogP contribution is 2.32. The Morgan fingerprint density at radius 1 is 1.08 bits per heavy atom. The molecule has 0 atom stereocenters. The summed E-state index contributed by atoms with van der Waals surface area (Å²) in [6.07, 6.45) is 3.37. The van der Waals surface area contributed by atoms with Crippen molar-refractivity contribution in [3.05, 3.63) is 41.2 Å². The third kappa shape index (κ3) is 3.90. The van der Waals surface area contributed by atoms with Crippen LogP contribution in [0.15, 0.2) is 24.4 Å². The number of fused-ring (bicyclic) bond motifs is 1. The highest BCUT2D eigenvalue weighted by Gasteiger charge is 2.15. The van der Waals surface area contributed by atoms with Crippen LogP contribution in [0.4, 0.5) is 5.82 Å². The van der Waals surface area contributed by atoms with Gasteiger partial charge in [0.25, 0.3) is 0 Å². The Morgan fingerprint density at radius 2 is 1.73 bits per heavy atom. The van der Waals surface area contributed by atoms with Gasteiger partial charge in [0.1, 0.15) is 5.82 Å². The molecule has 0 aliphatic heterocycles. The first-order valence-corrected chi connectivity index (χ1v) is 9.46. The second-order valence-corrected chi connectivity index (χ2v) is 7.19. The van der Waals surface area contributed by atoms with E-state index < -0.39 is 0 Å². The van der Waals surface area contributed by atoms with E-state index >= 15 is 0 Å². The molecule has 4 nitrogen and oxygen atoms in total. The SMILES string of the molecule is CCC.CNc1nc(C(C)C)ccc1-c1nc2c(C)cn(C)c2cc1C. The number of pyridine rings is 2. The molecule has 0 radical (unpaired) electrons. The average molecular weight is 353 g/mol.